The SMILES string of the molecule is CCO[C@@H](C)CCC(=O)O. The van der Waals surface area contributed by atoms with Crippen LogP contribution in [0.1, 0.15) is 26.7 Å². The van der Waals surface area contributed by atoms with Crippen LogP contribution in [0, 0.1) is 0 Å². The van der Waals surface area contributed by atoms with E-state index in [1.54, 1.807) is 0 Å². The molecule has 0 saturated carbocycles. The molecule has 0 aliphatic carbocycles. The number of hydrogen-bond donors (Lipinski definition) is 1. The second-order valence-corrected chi connectivity index (χ2v) is 2.20. The molecule has 0 fully saturated rings. The fourth-order valence-electron chi connectivity index (χ4n) is 0.695. The Balaban J connectivity index is 3.21. The second kappa shape index (κ2) is 5.23. The maximum absolute atomic E-state index is 10.1. The molecule has 1 N–H and O–H groups in total. The standard InChI is InChI=1S/C7H14O3/c1-3-10-6(2)4-5-7(8)9/h6H,3-5H2,1-2H3,(H,8,9)/t6-/m0/s1. The largest absolute Gasteiger partial charge is 0.481 e. The molecule has 0 aliphatic rings. The van der Waals surface area contributed by atoms with Gasteiger partial charge in [-0.05, 0) is 20.3 Å². The number of hydrogen-bond acceptors (Lipinski definition) is 2. The van der Waals surface area contributed by atoms with Crippen LogP contribution >= 0.6 is 0 Å². The first-order valence-electron chi connectivity index (χ1n) is 3.50. The molecule has 0 rings (SSSR count). The summed E-state index contributed by atoms with van der Waals surface area (Å²) >= 11 is 0. The first-order chi connectivity index (χ1) is 4.66. The monoisotopic (exact) mass is 146 g/mol. The van der Waals surface area contributed by atoms with Crippen molar-refractivity contribution in [3.63, 3.8) is 0 Å². The van der Waals surface area contributed by atoms with Gasteiger partial charge in [-0.25, -0.2) is 0 Å². The van der Waals surface area contributed by atoms with Gasteiger partial charge in [0.2, 0.25) is 0 Å². The van der Waals surface area contributed by atoms with Crippen LogP contribution < -0.4 is 0 Å². The van der Waals surface area contributed by atoms with E-state index in [0.717, 1.165) is 0 Å². The Kier molecular flexibility index (Phi) is 4.94. The van der Waals surface area contributed by atoms with Crippen LogP contribution in [0.15, 0.2) is 0 Å². The molecule has 0 aromatic carbocycles. The minimum Gasteiger partial charge on any atom is -0.481 e. The molecule has 0 aliphatic heterocycles. The Morgan fingerprint density at radius 1 is 1.70 bits per heavy atom. The summed E-state index contributed by atoms with van der Waals surface area (Å²) in [4.78, 5) is 10.1. The van der Waals surface area contributed by atoms with Crippen LogP contribution in [-0.4, -0.2) is 23.8 Å². The summed E-state index contributed by atoms with van der Waals surface area (Å²) in [5, 5.41) is 8.28. The third-order valence-electron chi connectivity index (χ3n) is 1.22. The minimum atomic E-state index is -0.758. The maximum atomic E-state index is 10.1. The Morgan fingerprint density at radius 3 is 2.70 bits per heavy atom. The lowest BCUT2D eigenvalue weighted by Gasteiger charge is -2.08. The molecule has 0 bridgehead atoms. The number of ether oxygens (including phenoxy) is 1. The van der Waals surface area contributed by atoms with E-state index in [4.69, 9.17) is 9.84 Å². The highest BCUT2D eigenvalue weighted by atomic mass is 16.5. The molecule has 0 unspecified atom stereocenters. The van der Waals surface area contributed by atoms with Gasteiger partial charge in [0, 0.05) is 13.0 Å². The zero-order valence-corrected chi connectivity index (χ0v) is 6.46. The summed E-state index contributed by atoms with van der Waals surface area (Å²) in [5.41, 5.74) is 0. The van der Waals surface area contributed by atoms with E-state index >= 15 is 0 Å². The van der Waals surface area contributed by atoms with Gasteiger partial charge in [-0.3, -0.25) is 4.79 Å². The van der Waals surface area contributed by atoms with Crippen molar-refractivity contribution in [2.24, 2.45) is 0 Å². The Bertz CT molecular complexity index is 101. The molecular formula is C7H14O3. The van der Waals surface area contributed by atoms with Gasteiger partial charge in [-0.15, -0.1) is 0 Å². The van der Waals surface area contributed by atoms with Gasteiger partial charge in [0.15, 0.2) is 0 Å². The van der Waals surface area contributed by atoms with E-state index in [9.17, 15) is 4.79 Å². The van der Waals surface area contributed by atoms with E-state index < -0.39 is 5.97 Å². The molecule has 3 heteroatoms. The van der Waals surface area contributed by atoms with Crippen molar-refractivity contribution in [3.8, 4) is 0 Å². The van der Waals surface area contributed by atoms with Gasteiger partial charge >= 0.3 is 5.97 Å². The molecule has 60 valence electrons. The Morgan fingerprint density at radius 2 is 2.30 bits per heavy atom. The molecule has 0 radical (unpaired) electrons. The molecule has 0 spiro atoms. The van der Waals surface area contributed by atoms with Crippen molar-refractivity contribution >= 4 is 5.97 Å². The topological polar surface area (TPSA) is 46.5 Å². The lowest BCUT2D eigenvalue weighted by Crippen LogP contribution is -2.09. The maximum Gasteiger partial charge on any atom is 0.303 e. The van der Waals surface area contributed by atoms with E-state index in [1.165, 1.54) is 0 Å². The van der Waals surface area contributed by atoms with Crippen LogP contribution in [0.2, 0.25) is 0 Å². The molecule has 10 heavy (non-hydrogen) atoms. The predicted molar refractivity (Wildman–Crippen MR) is 38.0 cm³/mol. The van der Waals surface area contributed by atoms with Crippen LogP contribution in [-0.2, 0) is 9.53 Å². The van der Waals surface area contributed by atoms with Gasteiger partial charge in [0.1, 0.15) is 0 Å². The third kappa shape index (κ3) is 5.56. The molecule has 0 aromatic rings. The van der Waals surface area contributed by atoms with Crippen molar-refractivity contribution in [2.45, 2.75) is 32.8 Å². The third-order valence-corrected chi connectivity index (χ3v) is 1.22. The number of carbonyl (C=O) groups is 1. The summed E-state index contributed by atoms with van der Waals surface area (Å²) in [5.74, 6) is -0.758. The fraction of sp³-hybridized carbons (Fsp3) is 0.857. The van der Waals surface area contributed by atoms with Crippen LogP contribution in [0.5, 0.6) is 0 Å². The van der Waals surface area contributed by atoms with Crippen LogP contribution in [0.4, 0.5) is 0 Å². The number of rotatable bonds is 5. The first kappa shape index (κ1) is 9.43. The Hall–Kier alpha value is -0.570. The van der Waals surface area contributed by atoms with E-state index in [0.29, 0.717) is 13.0 Å². The van der Waals surface area contributed by atoms with Crippen molar-refractivity contribution < 1.29 is 14.6 Å². The van der Waals surface area contributed by atoms with Gasteiger partial charge in [0.25, 0.3) is 0 Å². The fourth-order valence-corrected chi connectivity index (χ4v) is 0.695. The summed E-state index contributed by atoms with van der Waals surface area (Å²) in [6, 6.07) is 0. The highest BCUT2D eigenvalue weighted by Crippen LogP contribution is 2.00. The quantitative estimate of drug-likeness (QED) is 0.635. The highest BCUT2D eigenvalue weighted by molar-refractivity contribution is 5.66. The summed E-state index contributed by atoms with van der Waals surface area (Å²) in [7, 11) is 0. The van der Waals surface area contributed by atoms with E-state index in [2.05, 4.69) is 0 Å². The number of carboxylic acids is 1. The molecule has 0 aromatic heterocycles. The van der Waals surface area contributed by atoms with E-state index in [1.807, 2.05) is 13.8 Å². The predicted octanol–water partition coefficient (Wildman–Crippen LogP) is 1.28. The van der Waals surface area contributed by atoms with Crippen molar-refractivity contribution in [1.82, 2.24) is 0 Å². The zero-order valence-electron chi connectivity index (χ0n) is 6.46. The average Bonchev–Trinajstić information content (AvgIpc) is 1.85. The summed E-state index contributed by atoms with van der Waals surface area (Å²) < 4.78 is 5.13. The molecule has 0 saturated heterocycles. The lowest BCUT2D eigenvalue weighted by atomic mass is 10.2. The van der Waals surface area contributed by atoms with Crippen molar-refractivity contribution in [1.29, 1.82) is 0 Å². The number of aliphatic carboxylic acids is 1. The van der Waals surface area contributed by atoms with Crippen molar-refractivity contribution in [2.75, 3.05) is 6.61 Å². The summed E-state index contributed by atoms with van der Waals surface area (Å²) in [6.45, 7) is 4.44. The van der Waals surface area contributed by atoms with E-state index in [-0.39, 0.29) is 12.5 Å². The average molecular weight is 146 g/mol. The second-order valence-electron chi connectivity index (χ2n) is 2.20. The molecule has 0 amide bonds. The molecule has 0 heterocycles. The zero-order chi connectivity index (χ0) is 7.98. The van der Waals surface area contributed by atoms with Crippen LogP contribution in [0.25, 0.3) is 0 Å². The first-order valence-corrected chi connectivity index (χ1v) is 3.50. The van der Waals surface area contributed by atoms with Gasteiger partial charge in [-0.1, -0.05) is 0 Å². The highest BCUT2D eigenvalue weighted by Gasteiger charge is 2.03. The normalized spacial score (nSPS) is 13.0. The van der Waals surface area contributed by atoms with Crippen LogP contribution in [0.3, 0.4) is 0 Å². The number of carboxylic acid groups (broad SMARTS) is 1. The molecule has 1 atom stereocenters. The molecule has 3 nitrogen and oxygen atoms in total. The lowest BCUT2D eigenvalue weighted by molar-refractivity contribution is -0.137. The van der Waals surface area contributed by atoms with Gasteiger partial charge in [0.05, 0.1) is 6.10 Å². The smallest absolute Gasteiger partial charge is 0.303 e. The summed E-state index contributed by atoms with van der Waals surface area (Å²) in [6.07, 6.45) is 0.866. The van der Waals surface area contributed by atoms with Crippen molar-refractivity contribution in [3.05, 3.63) is 0 Å². The van der Waals surface area contributed by atoms with Gasteiger partial charge in [-0.2, -0.15) is 0 Å². The minimum absolute atomic E-state index is 0.0705. The molecular weight excluding hydrogens is 132 g/mol. The van der Waals surface area contributed by atoms with Gasteiger partial charge < -0.3 is 9.84 Å². The Labute approximate surface area is 61.0 Å².